The molecule has 0 aromatic carbocycles. The standard InChI is InChI=1S/C11H16N2O4/c1-8-6-9(13-17-8)7-10(14)12-5-3-2-4-11(15)16/h6H,2-5,7H2,1H3,(H,12,14)(H,15,16). The highest BCUT2D eigenvalue weighted by molar-refractivity contribution is 5.78. The number of carbonyl (C=O) groups excluding carboxylic acids is 1. The summed E-state index contributed by atoms with van der Waals surface area (Å²) in [6.45, 7) is 2.25. The lowest BCUT2D eigenvalue weighted by Crippen LogP contribution is -2.26. The number of aliphatic carboxylic acids is 1. The van der Waals surface area contributed by atoms with Crippen LogP contribution in [0, 0.1) is 6.92 Å². The van der Waals surface area contributed by atoms with Gasteiger partial charge in [-0.05, 0) is 19.8 Å². The predicted octanol–water partition coefficient (Wildman–Crippen LogP) is 0.897. The number of hydrogen-bond donors (Lipinski definition) is 2. The Morgan fingerprint density at radius 1 is 1.47 bits per heavy atom. The van der Waals surface area contributed by atoms with Crippen molar-refractivity contribution >= 4 is 11.9 Å². The van der Waals surface area contributed by atoms with Crippen molar-refractivity contribution in [2.75, 3.05) is 6.54 Å². The molecule has 1 aromatic heterocycles. The van der Waals surface area contributed by atoms with Gasteiger partial charge < -0.3 is 14.9 Å². The van der Waals surface area contributed by atoms with E-state index in [9.17, 15) is 9.59 Å². The zero-order valence-electron chi connectivity index (χ0n) is 9.73. The molecule has 0 aliphatic carbocycles. The quantitative estimate of drug-likeness (QED) is 0.691. The van der Waals surface area contributed by atoms with Gasteiger partial charge in [-0.1, -0.05) is 5.16 Å². The summed E-state index contributed by atoms with van der Waals surface area (Å²) in [6, 6.07) is 1.71. The molecule has 1 aromatic rings. The average molecular weight is 240 g/mol. The number of nitrogens with one attached hydrogen (secondary N) is 1. The molecule has 0 spiro atoms. The molecule has 0 aliphatic heterocycles. The van der Waals surface area contributed by atoms with Crippen molar-refractivity contribution in [1.82, 2.24) is 10.5 Å². The Labute approximate surface area is 99.0 Å². The molecular formula is C11H16N2O4. The fourth-order valence-corrected chi connectivity index (χ4v) is 1.36. The Morgan fingerprint density at radius 3 is 2.82 bits per heavy atom. The summed E-state index contributed by atoms with van der Waals surface area (Å²) < 4.78 is 4.84. The number of rotatable bonds is 7. The van der Waals surface area contributed by atoms with Gasteiger partial charge in [-0.2, -0.15) is 0 Å². The number of carboxylic acids is 1. The van der Waals surface area contributed by atoms with Crippen LogP contribution in [0.1, 0.15) is 30.7 Å². The third-order valence-electron chi connectivity index (χ3n) is 2.16. The van der Waals surface area contributed by atoms with Gasteiger partial charge >= 0.3 is 5.97 Å². The maximum absolute atomic E-state index is 11.4. The van der Waals surface area contributed by atoms with Crippen LogP contribution in [0.15, 0.2) is 10.6 Å². The molecule has 0 fully saturated rings. The predicted molar refractivity (Wildman–Crippen MR) is 59.4 cm³/mol. The van der Waals surface area contributed by atoms with Crippen molar-refractivity contribution in [3.05, 3.63) is 17.5 Å². The molecule has 6 nitrogen and oxygen atoms in total. The molecule has 1 heterocycles. The van der Waals surface area contributed by atoms with E-state index in [2.05, 4.69) is 10.5 Å². The van der Waals surface area contributed by atoms with Crippen LogP contribution in [-0.2, 0) is 16.0 Å². The number of nitrogens with zero attached hydrogens (tertiary/aromatic N) is 1. The second kappa shape index (κ2) is 6.67. The normalized spacial score (nSPS) is 10.2. The van der Waals surface area contributed by atoms with E-state index in [4.69, 9.17) is 9.63 Å². The Balaban J connectivity index is 2.11. The molecule has 0 saturated carbocycles. The van der Waals surface area contributed by atoms with Gasteiger partial charge in [0.2, 0.25) is 5.91 Å². The second-order valence-electron chi connectivity index (χ2n) is 3.81. The van der Waals surface area contributed by atoms with Crippen molar-refractivity contribution in [3.63, 3.8) is 0 Å². The lowest BCUT2D eigenvalue weighted by molar-refractivity contribution is -0.137. The molecule has 6 heteroatoms. The highest BCUT2D eigenvalue weighted by Gasteiger charge is 2.06. The smallest absolute Gasteiger partial charge is 0.303 e. The lowest BCUT2D eigenvalue weighted by Gasteiger charge is -2.02. The van der Waals surface area contributed by atoms with Gasteiger partial charge in [0.25, 0.3) is 0 Å². The molecule has 0 aliphatic rings. The monoisotopic (exact) mass is 240 g/mol. The number of unbranched alkanes of at least 4 members (excludes halogenated alkanes) is 1. The number of aromatic nitrogens is 1. The van der Waals surface area contributed by atoms with Crippen LogP contribution in [0.4, 0.5) is 0 Å². The highest BCUT2D eigenvalue weighted by Crippen LogP contribution is 2.02. The van der Waals surface area contributed by atoms with Crippen molar-refractivity contribution < 1.29 is 19.2 Å². The maximum atomic E-state index is 11.4. The number of carboxylic acid groups (broad SMARTS) is 1. The molecule has 1 rings (SSSR count). The van der Waals surface area contributed by atoms with Gasteiger partial charge in [-0.3, -0.25) is 9.59 Å². The SMILES string of the molecule is Cc1cc(CC(=O)NCCCCC(=O)O)no1. The first kappa shape index (κ1) is 13.2. The Kier molecular flexibility index (Phi) is 5.19. The summed E-state index contributed by atoms with van der Waals surface area (Å²) in [5.74, 6) is -0.266. The van der Waals surface area contributed by atoms with Crippen molar-refractivity contribution in [3.8, 4) is 0 Å². The molecule has 1 amide bonds. The molecule has 0 atom stereocenters. The lowest BCUT2D eigenvalue weighted by atomic mass is 10.2. The van der Waals surface area contributed by atoms with E-state index in [1.165, 1.54) is 0 Å². The number of aryl methyl sites for hydroxylation is 1. The van der Waals surface area contributed by atoms with E-state index < -0.39 is 5.97 Å². The second-order valence-corrected chi connectivity index (χ2v) is 3.81. The maximum Gasteiger partial charge on any atom is 0.303 e. The van der Waals surface area contributed by atoms with Crippen molar-refractivity contribution in [1.29, 1.82) is 0 Å². The summed E-state index contributed by atoms with van der Waals surface area (Å²) in [6.07, 6.45) is 1.56. The van der Waals surface area contributed by atoms with Crippen LogP contribution < -0.4 is 5.32 Å². The fraction of sp³-hybridized carbons (Fsp3) is 0.545. The van der Waals surface area contributed by atoms with Gasteiger partial charge in [0, 0.05) is 19.0 Å². The first-order chi connectivity index (χ1) is 8.08. The molecular weight excluding hydrogens is 224 g/mol. The zero-order valence-corrected chi connectivity index (χ0v) is 9.73. The minimum atomic E-state index is -0.811. The number of amides is 1. The largest absolute Gasteiger partial charge is 0.481 e. The molecule has 94 valence electrons. The van der Waals surface area contributed by atoms with E-state index in [1.54, 1.807) is 13.0 Å². The van der Waals surface area contributed by atoms with Crippen LogP contribution in [-0.4, -0.2) is 28.7 Å². The van der Waals surface area contributed by atoms with E-state index in [-0.39, 0.29) is 18.7 Å². The molecule has 0 radical (unpaired) electrons. The van der Waals surface area contributed by atoms with Gasteiger partial charge in [-0.15, -0.1) is 0 Å². The number of carbonyl (C=O) groups is 2. The summed E-state index contributed by atoms with van der Waals surface area (Å²) in [5.41, 5.74) is 0.602. The van der Waals surface area contributed by atoms with E-state index in [0.717, 1.165) is 0 Å². The van der Waals surface area contributed by atoms with Crippen molar-refractivity contribution in [2.24, 2.45) is 0 Å². The van der Waals surface area contributed by atoms with Gasteiger partial charge in [-0.25, -0.2) is 0 Å². The van der Waals surface area contributed by atoms with Crippen LogP contribution in [0.5, 0.6) is 0 Å². The highest BCUT2D eigenvalue weighted by atomic mass is 16.5. The molecule has 0 saturated heterocycles. The fourth-order valence-electron chi connectivity index (χ4n) is 1.36. The first-order valence-electron chi connectivity index (χ1n) is 5.48. The summed E-state index contributed by atoms with van der Waals surface area (Å²) in [5, 5.41) is 14.8. The van der Waals surface area contributed by atoms with Crippen LogP contribution >= 0.6 is 0 Å². The summed E-state index contributed by atoms with van der Waals surface area (Å²) >= 11 is 0. The molecule has 0 unspecified atom stereocenters. The minimum Gasteiger partial charge on any atom is -0.481 e. The molecule has 0 bridgehead atoms. The van der Waals surface area contributed by atoms with Gasteiger partial charge in [0.1, 0.15) is 5.76 Å². The van der Waals surface area contributed by atoms with Crippen molar-refractivity contribution in [2.45, 2.75) is 32.6 Å². The van der Waals surface area contributed by atoms with Gasteiger partial charge in [0.05, 0.1) is 12.1 Å². The molecule has 17 heavy (non-hydrogen) atoms. The summed E-state index contributed by atoms with van der Waals surface area (Å²) in [7, 11) is 0. The van der Waals surface area contributed by atoms with Gasteiger partial charge in [0.15, 0.2) is 0 Å². The van der Waals surface area contributed by atoms with E-state index in [1.807, 2.05) is 0 Å². The molecule has 2 N–H and O–H groups in total. The van der Waals surface area contributed by atoms with Crippen LogP contribution in [0.3, 0.4) is 0 Å². The third kappa shape index (κ3) is 5.70. The Bertz CT molecular complexity index is 387. The van der Waals surface area contributed by atoms with Crippen LogP contribution in [0.2, 0.25) is 0 Å². The van der Waals surface area contributed by atoms with Crippen LogP contribution in [0.25, 0.3) is 0 Å². The zero-order chi connectivity index (χ0) is 12.7. The Morgan fingerprint density at radius 2 is 2.24 bits per heavy atom. The average Bonchev–Trinajstić information content (AvgIpc) is 2.63. The third-order valence-corrected chi connectivity index (χ3v) is 2.16. The Hall–Kier alpha value is -1.85. The van der Waals surface area contributed by atoms with E-state index >= 15 is 0 Å². The topological polar surface area (TPSA) is 92.4 Å². The first-order valence-corrected chi connectivity index (χ1v) is 5.48. The van der Waals surface area contributed by atoms with E-state index in [0.29, 0.717) is 30.8 Å². The minimum absolute atomic E-state index is 0.131. The summed E-state index contributed by atoms with van der Waals surface area (Å²) in [4.78, 5) is 21.6. The number of hydrogen-bond acceptors (Lipinski definition) is 4.